The van der Waals surface area contributed by atoms with Crippen LogP contribution in [0, 0.1) is 0 Å². The van der Waals surface area contributed by atoms with Crippen LogP contribution < -0.4 is 4.74 Å². The summed E-state index contributed by atoms with van der Waals surface area (Å²) in [7, 11) is 1.65. The number of carbonyl (C=O) groups excluding carboxylic acids is 2. The summed E-state index contributed by atoms with van der Waals surface area (Å²) in [5.41, 5.74) is 2.27. The molecule has 0 aliphatic carbocycles. The fourth-order valence-corrected chi connectivity index (χ4v) is 4.82. The lowest BCUT2D eigenvalue weighted by Crippen LogP contribution is -2.46. The summed E-state index contributed by atoms with van der Waals surface area (Å²) < 4.78 is 5.29. The number of hydrogen-bond acceptors (Lipinski definition) is 4. The lowest BCUT2D eigenvalue weighted by Gasteiger charge is -2.37. The number of fused-ring (bicyclic) bond motifs is 1. The number of benzene rings is 1. The minimum Gasteiger partial charge on any atom is -0.497 e. The Labute approximate surface area is 177 Å². The van der Waals surface area contributed by atoms with Crippen LogP contribution in [0.3, 0.4) is 0 Å². The molecule has 156 valence electrons. The van der Waals surface area contributed by atoms with Crippen molar-refractivity contribution in [3.8, 4) is 5.75 Å². The molecule has 0 saturated carbocycles. The SMILES string of the molecule is CCCC(=O)N(CCC)CC(=O)N1CCc2sccc2C1c1ccc(OC)cc1. The Kier molecular flexibility index (Phi) is 7.31. The molecular formula is C23H30N2O3S. The molecule has 0 saturated heterocycles. The average molecular weight is 415 g/mol. The number of nitrogens with zero attached hydrogens (tertiary/aromatic N) is 2. The smallest absolute Gasteiger partial charge is 0.242 e. The summed E-state index contributed by atoms with van der Waals surface area (Å²) in [6, 6.07) is 9.94. The van der Waals surface area contributed by atoms with E-state index in [1.165, 1.54) is 10.4 Å². The van der Waals surface area contributed by atoms with E-state index in [0.717, 1.165) is 30.6 Å². The van der Waals surface area contributed by atoms with Crippen molar-refractivity contribution in [2.45, 2.75) is 45.6 Å². The zero-order valence-corrected chi connectivity index (χ0v) is 18.3. The molecule has 29 heavy (non-hydrogen) atoms. The van der Waals surface area contributed by atoms with Gasteiger partial charge in [0, 0.05) is 24.4 Å². The molecule has 2 heterocycles. The molecule has 0 fully saturated rings. The van der Waals surface area contributed by atoms with Crippen LogP contribution in [0.5, 0.6) is 5.75 Å². The van der Waals surface area contributed by atoms with E-state index >= 15 is 0 Å². The summed E-state index contributed by atoms with van der Waals surface area (Å²) in [5.74, 6) is 0.879. The number of ether oxygens (including phenoxy) is 1. The molecule has 0 N–H and O–H groups in total. The number of thiophene rings is 1. The zero-order chi connectivity index (χ0) is 20.8. The number of carbonyl (C=O) groups is 2. The van der Waals surface area contributed by atoms with Crippen molar-refractivity contribution in [1.82, 2.24) is 9.80 Å². The van der Waals surface area contributed by atoms with Crippen LogP contribution in [0.4, 0.5) is 0 Å². The normalized spacial score (nSPS) is 15.7. The van der Waals surface area contributed by atoms with E-state index in [2.05, 4.69) is 11.4 Å². The predicted octanol–water partition coefficient (Wildman–Crippen LogP) is 4.27. The van der Waals surface area contributed by atoms with Crippen LogP contribution in [0.15, 0.2) is 35.7 Å². The fraction of sp³-hybridized carbons (Fsp3) is 0.478. The zero-order valence-electron chi connectivity index (χ0n) is 17.5. The van der Waals surface area contributed by atoms with Crippen molar-refractivity contribution in [3.05, 3.63) is 51.7 Å². The van der Waals surface area contributed by atoms with E-state index < -0.39 is 0 Å². The van der Waals surface area contributed by atoms with E-state index in [-0.39, 0.29) is 24.4 Å². The van der Waals surface area contributed by atoms with Gasteiger partial charge in [-0.25, -0.2) is 0 Å². The molecule has 3 rings (SSSR count). The summed E-state index contributed by atoms with van der Waals surface area (Å²) in [4.78, 5) is 30.8. The van der Waals surface area contributed by atoms with Crippen molar-refractivity contribution in [2.75, 3.05) is 26.7 Å². The van der Waals surface area contributed by atoms with Gasteiger partial charge in [-0.1, -0.05) is 26.0 Å². The largest absolute Gasteiger partial charge is 0.497 e. The Morgan fingerprint density at radius 3 is 2.59 bits per heavy atom. The van der Waals surface area contributed by atoms with Gasteiger partial charge < -0.3 is 14.5 Å². The Morgan fingerprint density at radius 2 is 1.93 bits per heavy atom. The maximum Gasteiger partial charge on any atom is 0.242 e. The first-order valence-electron chi connectivity index (χ1n) is 10.4. The molecule has 1 atom stereocenters. The van der Waals surface area contributed by atoms with Gasteiger partial charge in [-0.2, -0.15) is 0 Å². The standard InChI is InChI=1S/C23H30N2O3S/c1-4-6-21(26)24(13-5-2)16-22(27)25-14-11-20-19(12-15-29-20)23(25)17-7-9-18(28-3)10-8-17/h7-10,12,15,23H,4-6,11,13-14,16H2,1-3H3. The van der Waals surface area contributed by atoms with Gasteiger partial charge in [-0.05, 0) is 54.0 Å². The number of amides is 2. The van der Waals surface area contributed by atoms with Crippen molar-refractivity contribution >= 4 is 23.2 Å². The highest BCUT2D eigenvalue weighted by molar-refractivity contribution is 7.10. The van der Waals surface area contributed by atoms with Crippen LogP contribution in [0.25, 0.3) is 0 Å². The van der Waals surface area contributed by atoms with Crippen LogP contribution >= 0.6 is 11.3 Å². The molecule has 1 aromatic heterocycles. The van der Waals surface area contributed by atoms with Crippen molar-refractivity contribution in [2.24, 2.45) is 0 Å². The van der Waals surface area contributed by atoms with Crippen LogP contribution in [-0.4, -0.2) is 48.4 Å². The Morgan fingerprint density at radius 1 is 1.17 bits per heavy atom. The van der Waals surface area contributed by atoms with Gasteiger partial charge in [0.15, 0.2) is 0 Å². The van der Waals surface area contributed by atoms with E-state index in [1.807, 2.05) is 43.0 Å². The van der Waals surface area contributed by atoms with Crippen LogP contribution in [0.2, 0.25) is 0 Å². The molecule has 1 aromatic carbocycles. The van der Waals surface area contributed by atoms with Gasteiger partial charge in [0.25, 0.3) is 0 Å². The molecule has 2 aromatic rings. The van der Waals surface area contributed by atoms with E-state index in [9.17, 15) is 9.59 Å². The minimum absolute atomic E-state index is 0.0144. The molecule has 0 bridgehead atoms. The van der Waals surface area contributed by atoms with E-state index in [4.69, 9.17) is 4.74 Å². The summed E-state index contributed by atoms with van der Waals surface area (Å²) in [6.07, 6.45) is 2.99. The molecule has 6 heteroatoms. The third-order valence-corrected chi connectivity index (χ3v) is 6.35. The molecule has 1 unspecified atom stereocenters. The average Bonchev–Trinajstić information content (AvgIpc) is 3.21. The van der Waals surface area contributed by atoms with Crippen molar-refractivity contribution in [1.29, 1.82) is 0 Å². The van der Waals surface area contributed by atoms with Crippen LogP contribution in [-0.2, 0) is 16.0 Å². The molecule has 1 aliphatic heterocycles. The Bertz CT molecular complexity index is 831. The molecule has 0 spiro atoms. The van der Waals surface area contributed by atoms with Gasteiger partial charge >= 0.3 is 0 Å². The second-order valence-corrected chi connectivity index (χ2v) is 8.38. The fourth-order valence-electron chi connectivity index (χ4n) is 3.92. The highest BCUT2D eigenvalue weighted by atomic mass is 32.1. The second-order valence-electron chi connectivity index (χ2n) is 7.38. The van der Waals surface area contributed by atoms with Gasteiger partial charge in [0.05, 0.1) is 19.7 Å². The van der Waals surface area contributed by atoms with E-state index in [1.54, 1.807) is 23.3 Å². The first-order chi connectivity index (χ1) is 14.1. The van der Waals surface area contributed by atoms with Gasteiger partial charge in [0.2, 0.25) is 11.8 Å². The summed E-state index contributed by atoms with van der Waals surface area (Å²) in [6.45, 7) is 5.47. The van der Waals surface area contributed by atoms with E-state index in [0.29, 0.717) is 19.5 Å². The first kappa shape index (κ1) is 21.4. The first-order valence-corrected chi connectivity index (χ1v) is 11.2. The van der Waals surface area contributed by atoms with Crippen molar-refractivity contribution in [3.63, 3.8) is 0 Å². The highest BCUT2D eigenvalue weighted by Gasteiger charge is 2.33. The Balaban J connectivity index is 1.87. The third kappa shape index (κ3) is 4.81. The van der Waals surface area contributed by atoms with Gasteiger partial charge in [-0.3, -0.25) is 9.59 Å². The lowest BCUT2D eigenvalue weighted by molar-refractivity contribution is -0.141. The second kappa shape index (κ2) is 9.92. The van der Waals surface area contributed by atoms with Gasteiger partial charge in [-0.15, -0.1) is 11.3 Å². The molecule has 2 amide bonds. The number of methoxy groups -OCH3 is 1. The quantitative estimate of drug-likeness (QED) is 0.648. The maximum atomic E-state index is 13.3. The monoisotopic (exact) mass is 414 g/mol. The predicted molar refractivity (Wildman–Crippen MR) is 116 cm³/mol. The minimum atomic E-state index is -0.117. The molecule has 5 nitrogen and oxygen atoms in total. The van der Waals surface area contributed by atoms with Gasteiger partial charge in [0.1, 0.15) is 5.75 Å². The lowest BCUT2D eigenvalue weighted by atomic mass is 9.93. The maximum absolute atomic E-state index is 13.3. The summed E-state index contributed by atoms with van der Waals surface area (Å²) in [5, 5.41) is 2.10. The molecular weight excluding hydrogens is 384 g/mol. The number of rotatable bonds is 8. The Hall–Kier alpha value is -2.34. The molecule has 1 aliphatic rings. The third-order valence-electron chi connectivity index (χ3n) is 5.35. The number of hydrogen-bond donors (Lipinski definition) is 0. The molecule has 0 radical (unpaired) electrons. The van der Waals surface area contributed by atoms with Crippen LogP contribution in [0.1, 0.15) is 55.2 Å². The van der Waals surface area contributed by atoms with Crippen molar-refractivity contribution < 1.29 is 14.3 Å². The summed E-state index contributed by atoms with van der Waals surface area (Å²) >= 11 is 1.75. The highest BCUT2D eigenvalue weighted by Crippen LogP contribution is 2.38. The topological polar surface area (TPSA) is 49.9 Å².